The first-order valence-electron chi connectivity index (χ1n) is 10.3. The van der Waals surface area contributed by atoms with Crippen LogP contribution in [0.1, 0.15) is 32.3 Å². The monoisotopic (exact) mass is 436 g/mol. The van der Waals surface area contributed by atoms with Crippen molar-refractivity contribution in [2.45, 2.75) is 39.2 Å². The molecule has 0 aromatic heterocycles. The van der Waals surface area contributed by atoms with Crippen LogP contribution in [0.2, 0.25) is 0 Å². The van der Waals surface area contributed by atoms with E-state index in [2.05, 4.69) is 6.92 Å². The van der Waals surface area contributed by atoms with Crippen LogP contribution in [0.5, 0.6) is 0 Å². The molecule has 2 aliphatic heterocycles. The third-order valence-electron chi connectivity index (χ3n) is 5.76. The normalized spacial score (nSPS) is 22.9. The lowest BCUT2D eigenvalue weighted by atomic mass is 10.1. The first-order chi connectivity index (χ1) is 14.2. The largest absolute Gasteiger partial charge is 0.455 e. The van der Waals surface area contributed by atoms with Crippen LogP contribution in [0.15, 0.2) is 24.3 Å². The van der Waals surface area contributed by atoms with Gasteiger partial charge in [0.25, 0.3) is 5.91 Å². The lowest BCUT2D eigenvalue weighted by molar-refractivity contribution is -0.155. The third-order valence-corrected chi connectivity index (χ3v) is 7.51. The maximum Gasteiger partial charge on any atom is 0.311 e. The zero-order chi connectivity index (χ0) is 21.9. The number of benzene rings is 1. The molecule has 164 valence electrons. The first kappa shape index (κ1) is 22.3. The van der Waals surface area contributed by atoms with Gasteiger partial charge in [0, 0.05) is 31.2 Å². The molecular weight excluding hydrogens is 408 g/mol. The number of esters is 1. The summed E-state index contributed by atoms with van der Waals surface area (Å²) in [5.74, 6) is -1.76. The van der Waals surface area contributed by atoms with Crippen LogP contribution in [0, 0.1) is 5.92 Å². The Bertz CT molecular complexity index is 912. The number of ether oxygens (including phenoxy) is 1. The van der Waals surface area contributed by atoms with E-state index in [1.165, 1.54) is 4.90 Å². The second kappa shape index (κ2) is 9.16. The molecule has 2 saturated heterocycles. The number of likely N-dealkylation sites (N-methyl/N-ethyl adjacent to an activating group) is 1. The molecule has 0 saturated carbocycles. The van der Waals surface area contributed by atoms with E-state index in [-0.39, 0.29) is 36.4 Å². The highest BCUT2D eigenvalue weighted by atomic mass is 32.2. The van der Waals surface area contributed by atoms with Gasteiger partial charge < -0.3 is 14.5 Å². The van der Waals surface area contributed by atoms with Gasteiger partial charge in [0.1, 0.15) is 0 Å². The van der Waals surface area contributed by atoms with E-state index in [1.54, 1.807) is 11.8 Å². The minimum Gasteiger partial charge on any atom is -0.455 e. The van der Waals surface area contributed by atoms with Gasteiger partial charge in [0.15, 0.2) is 16.4 Å². The summed E-state index contributed by atoms with van der Waals surface area (Å²) in [6, 6.07) is 7.26. The van der Waals surface area contributed by atoms with Gasteiger partial charge in [-0.1, -0.05) is 19.1 Å². The van der Waals surface area contributed by atoms with Gasteiger partial charge in [-0.2, -0.15) is 0 Å². The van der Waals surface area contributed by atoms with Crippen LogP contribution in [0.25, 0.3) is 0 Å². The number of hydrogen-bond acceptors (Lipinski definition) is 6. The molecular formula is C21H28N2O6S. The molecule has 2 unspecified atom stereocenters. The minimum absolute atomic E-state index is 0.0426. The Morgan fingerprint density at radius 3 is 2.47 bits per heavy atom. The highest BCUT2D eigenvalue weighted by molar-refractivity contribution is 7.91. The number of anilines is 1. The molecule has 3 rings (SSSR count). The van der Waals surface area contributed by atoms with Crippen LogP contribution >= 0.6 is 0 Å². The fraction of sp³-hybridized carbons (Fsp3) is 0.571. The van der Waals surface area contributed by atoms with Gasteiger partial charge in [0.2, 0.25) is 5.91 Å². The molecule has 30 heavy (non-hydrogen) atoms. The fourth-order valence-corrected chi connectivity index (χ4v) is 5.75. The Kier molecular flexibility index (Phi) is 6.80. The summed E-state index contributed by atoms with van der Waals surface area (Å²) in [4.78, 5) is 40.3. The summed E-state index contributed by atoms with van der Waals surface area (Å²) in [6.07, 6.45) is 1.35. The predicted molar refractivity (Wildman–Crippen MR) is 112 cm³/mol. The maximum atomic E-state index is 12.5. The van der Waals surface area contributed by atoms with Gasteiger partial charge in [-0.15, -0.1) is 0 Å². The molecule has 0 N–H and O–H groups in total. The summed E-state index contributed by atoms with van der Waals surface area (Å²) in [5, 5.41) is 0. The molecule has 0 bridgehead atoms. The second-order valence-electron chi connectivity index (χ2n) is 7.77. The third kappa shape index (κ3) is 5.00. The molecule has 2 atom stereocenters. The average Bonchev–Trinajstić information content (AvgIpc) is 3.29. The number of carbonyl (C=O) groups excluding carboxylic acids is 3. The maximum absolute atomic E-state index is 12.5. The number of amides is 2. The summed E-state index contributed by atoms with van der Waals surface area (Å²) in [6.45, 7) is 3.94. The van der Waals surface area contributed by atoms with E-state index in [0.29, 0.717) is 13.0 Å². The molecule has 2 amide bonds. The van der Waals surface area contributed by atoms with Gasteiger partial charge in [-0.05, 0) is 37.5 Å². The molecule has 2 fully saturated rings. The molecule has 8 nitrogen and oxygen atoms in total. The number of rotatable bonds is 7. The van der Waals surface area contributed by atoms with Crippen molar-refractivity contribution >= 4 is 33.3 Å². The first-order valence-corrected chi connectivity index (χ1v) is 12.1. The molecule has 1 aromatic rings. The topological polar surface area (TPSA) is 101 Å². The highest BCUT2D eigenvalue weighted by Gasteiger charge is 2.37. The van der Waals surface area contributed by atoms with Crippen molar-refractivity contribution in [3.8, 4) is 0 Å². The molecule has 0 radical (unpaired) electrons. The number of hydrogen-bond donors (Lipinski definition) is 0. The summed E-state index contributed by atoms with van der Waals surface area (Å²) in [5.41, 5.74) is 1.90. The quantitative estimate of drug-likeness (QED) is 0.595. The molecule has 0 aliphatic carbocycles. The van der Waals surface area contributed by atoms with Crippen LogP contribution in [0.4, 0.5) is 5.69 Å². The number of aryl methyl sites for hydroxylation is 1. The van der Waals surface area contributed by atoms with E-state index in [4.69, 9.17) is 4.74 Å². The van der Waals surface area contributed by atoms with Gasteiger partial charge in [-0.3, -0.25) is 14.4 Å². The van der Waals surface area contributed by atoms with E-state index >= 15 is 0 Å². The Hall–Kier alpha value is -2.42. The lowest BCUT2D eigenvalue weighted by Gasteiger charge is -2.26. The Labute approximate surface area is 177 Å². The SMILES string of the molecule is CCc1ccc(N2CC(C(=O)OCC(=O)N(CC)C3CCS(=O)(=O)C3)CC2=O)cc1. The van der Waals surface area contributed by atoms with Crippen molar-refractivity contribution in [2.75, 3.05) is 36.1 Å². The molecule has 1 aromatic carbocycles. The predicted octanol–water partition coefficient (Wildman–Crippen LogP) is 1.18. The molecule has 9 heteroatoms. The zero-order valence-electron chi connectivity index (χ0n) is 17.4. The molecule has 0 spiro atoms. The molecule has 2 heterocycles. The summed E-state index contributed by atoms with van der Waals surface area (Å²) >= 11 is 0. The highest BCUT2D eigenvalue weighted by Crippen LogP contribution is 2.26. The number of nitrogens with zero attached hydrogens (tertiary/aromatic N) is 2. The number of carbonyl (C=O) groups is 3. The second-order valence-corrected chi connectivity index (χ2v) is 10.00. The summed E-state index contributed by atoms with van der Waals surface area (Å²) < 4.78 is 28.5. The van der Waals surface area contributed by atoms with Crippen molar-refractivity contribution in [3.63, 3.8) is 0 Å². The smallest absolute Gasteiger partial charge is 0.311 e. The fourth-order valence-electron chi connectivity index (χ4n) is 4.02. The Morgan fingerprint density at radius 2 is 1.90 bits per heavy atom. The number of sulfone groups is 1. The molecule has 2 aliphatic rings. The van der Waals surface area contributed by atoms with Crippen molar-refractivity contribution in [2.24, 2.45) is 5.92 Å². The minimum atomic E-state index is -3.12. The zero-order valence-corrected chi connectivity index (χ0v) is 18.2. The van der Waals surface area contributed by atoms with E-state index in [9.17, 15) is 22.8 Å². The van der Waals surface area contributed by atoms with Gasteiger partial charge in [-0.25, -0.2) is 8.42 Å². The lowest BCUT2D eigenvalue weighted by Crippen LogP contribution is -2.43. The summed E-state index contributed by atoms with van der Waals surface area (Å²) in [7, 11) is -3.12. The van der Waals surface area contributed by atoms with Crippen LogP contribution in [-0.2, 0) is 35.4 Å². The van der Waals surface area contributed by atoms with Crippen LogP contribution < -0.4 is 4.90 Å². The van der Waals surface area contributed by atoms with Gasteiger partial charge >= 0.3 is 5.97 Å². The van der Waals surface area contributed by atoms with Crippen molar-refractivity contribution in [1.29, 1.82) is 0 Å². The standard InChI is InChI=1S/C21H28N2O6S/c1-3-15-5-7-17(8-6-15)23-12-16(11-19(23)24)21(26)29-13-20(25)22(4-2)18-9-10-30(27,28)14-18/h5-8,16,18H,3-4,9-14H2,1-2H3. The average molecular weight is 437 g/mol. The Morgan fingerprint density at radius 1 is 1.20 bits per heavy atom. The van der Waals surface area contributed by atoms with Crippen molar-refractivity contribution in [3.05, 3.63) is 29.8 Å². The van der Waals surface area contributed by atoms with E-state index < -0.39 is 34.2 Å². The van der Waals surface area contributed by atoms with Crippen molar-refractivity contribution < 1.29 is 27.5 Å². The van der Waals surface area contributed by atoms with Gasteiger partial charge in [0.05, 0.1) is 17.4 Å². The van der Waals surface area contributed by atoms with Crippen molar-refractivity contribution in [1.82, 2.24) is 4.90 Å². The van der Waals surface area contributed by atoms with Crippen LogP contribution in [0.3, 0.4) is 0 Å². The van der Waals surface area contributed by atoms with E-state index in [0.717, 1.165) is 17.7 Å². The van der Waals surface area contributed by atoms with E-state index in [1.807, 2.05) is 24.3 Å². The van der Waals surface area contributed by atoms with Crippen LogP contribution in [-0.4, -0.2) is 68.3 Å². The Balaban J connectivity index is 1.54.